The summed E-state index contributed by atoms with van der Waals surface area (Å²) >= 11 is 0. The maximum Gasteiger partial charge on any atom is 0.433 e. The fraction of sp³-hybridized carbons (Fsp3) is 0.444. The van der Waals surface area contributed by atoms with E-state index in [-0.39, 0.29) is 17.9 Å². The Kier molecular flexibility index (Phi) is 3.87. The van der Waals surface area contributed by atoms with Crippen LogP contribution >= 0.6 is 0 Å². The monoisotopic (exact) mass is 256 g/mol. The van der Waals surface area contributed by atoms with Gasteiger partial charge in [-0.15, -0.1) is 0 Å². The highest BCUT2D eigenvalue weighted by molar-refractivity contribution is 5.39. The van der Waals surface area contributed by atoms with Crippen molar-refractivity contribution >= 4 is 0 Å². The molecular formula is C9H9F5N2O. The molecule has 0 atom stereocenters. The Hall–Kier alpha value is -1.44. The maximum atomic E-state index is 12.6. The molecule has 1 aromatic heterocycles. The van der Waals surface area contributed by atoms with E-state index in [1.54, 1.807) is 0 Å². The number of aromatic nitrogens is 1. The van der Waals surface area contributed by atoms with Gasteiger partial charge in [-0.2, -0.15) is 13.2 Å². The van der Waals surface area contributed by atoms with Crippen molar-refractivity contribution in [2.45, 2.75) is 19.1 Å². The molecule has 0 amide bonds. The standard InChI is InChI=1S/C9H9F5N2O/c1-17-5-2-6(9(12,13)14)16-7(8(10)11)4(5)3-15/h2,8H,3,15H2,1H3. The average Bonchev–Trinajstić information content (AvgIpc) is 2.25. The second kappa shape index (κ2) is 4.82. The molecule has 0 aliphatic carbocycles. The first kappa shape index (κ1) is 13.6. The van der Waals surface area contributed by atoms with E-state index in [4.69, 9.17) is 5.73 Å². The molecule has 3 nitrogen and oxygen atoms in total. The van der Waals surface area contributed by atoms with Gasteiger partial charge in [-0.3, -0.25) is 0 Å². The van der Waals surface area contributed by atoms with Gasteiger partial charge < -0.3 is 10.5 Å². The Labute approximate surface area is 93.4 Å². The number of alkyl halides is 5. The van der Waals surface area contributed by atoms with Crippen LogP contribution in [-0.2, 0) is 12.7 Å². The van der Waals surface area contributed by atoms with E-state index in [0.29, 0.717) is 6.07 Å². The largest absolute Gasteiger partial charge is 0.496 e. The minimum Gasteiger partial charge on any atom is -0.496 e. The van der Waals surface area contributed by atoms with Crippen LogP contribution in [0.15, 0.2) is 6.07 Å². The predicted octanol–water partition coefficient (Wildman–Crippen LogP) is 2.51. The van der Waals surface area contributed by atoms with Crippen molar-refractivity contribution in [2.75, 3.05) is 7.11 Å². The van der Waals surface area contributed by atoms with Gasteiger partial charge in [-0.05, 0) is 0 Å². The number of hydrogen-bond acceptors (Lipinski definition) is 3. The summed E-state index contributed by atoms with van der Waals surface area (Å²) in [6.07, 6.45) is -7.96. The van der Waals surface area contributed by atoms with E-state index in [1.165, 1.54) is 0 Å². The van der Waals surface area contributed by atoms with Gasteiger partial charge in [0.2, 0.25) is 0 Å². The van der Waals surface area contributed by atoms with Crippen LogP contribution in [0.4, 0.5) is 22.0 Å². The van der Waals surface area contributed by atoms with Gasteiger partial charge >= 0.3 is 6.18 Å². The van der Waals surface area contributed by atoms with Gasteiger partial charge in [0.15, 0.2) is 0 Å². The highest BCUT2D eigenvalue weighted by Gasteiger charge is 2.35. The van der Waals surface area contributed by atoms with Crippen molar-refractivity contribution in [1.29, 1.82) is 0 Å². The zero-order valence-electron chi connectivity index (χ0n) is 8.68. The summed E-state index contributed by atoms with van der Waals surface area (Å²) in [5.41, 5.74) is 2.53. The number of ether oxygens (including phenoxy) is 1. The highest BCUT2D eigenvalue weighted by atomic mass is 19.4. The number of methoxy groups -OCH3 is 1. The van der Waals surface area contributed by atoms with Crippen molar-refractivity contribution in [2.24, 2.45) is 5.73 Å². The van der Waals surface area contributed by atoms with E-state index in [2.05, 4.69) is 9.72 Å². The lowest BCUT2D eigenvalue weighted by molar-refractivity contribution is -0.141. The van der Waals surface area contributed by atoms with Gasteiger partial charge in [0.05, 0.1) is 7.11 Å². The van der Waals surface area contributed by atoms with Crippen LogP contribution in [0.2, 0.25) is 0 Å². The number of pyridine rings is 1. The fourth-order valence-corrected chi connectivity index (χ4v) is 1.28. The Morgan fingerprint density at radius 2 is 2.00 bits per heavy atom. The molecule has 17 heavy (non-hydrogen) atoms. The Balaban J connectivity index is 3.46. The fourth-order valence-electron chi connectivity index (χ4n) is 1.28. The van der Waals surface area contributed by atoms with Crippen LogP contribution in [0.25, 0.3) is 0 Å². The van der Waals surface area contributed by atoms with Crippen LogP contribution in [0.1, 0.15) is 23.4 Å². The molecule has 0 saturated heterocycles. The summed E-state index contributed by atoms with van der Waals surface area (Å²) in [6.45, 7) is -0.381. The zero-order valence-corrected chi connectivity index (χ0v) is 8.68. The van der Waals surface area contributed by atoms with Crippen LogP contribution in [0.3, 0.4) is 0 Å². The van der Waals surface area contributed by atoms with Gasteiger partial charge in [0, 0.05) is 18.2 Å². The molecule has 2 N–H and O–H groups in total. The van der Waals surface area contributed by atoms with E-state index < -0.39 is 24.0 Å². The van der Waals surface area contributed by atoms with E-state index in [0.717, 1.165) is 7.11 Å². The molecule has 0 unspecified atom stereocenters. The molecule has 0 spiro atoms. The van der Waals surface area contributed by atoms with Crippen LogP contribution in [0.5, 0.6) is 5.75 Å². The summed E-state index contributed by atoms with van der Waals surface area (Å²) in [4.78, 5) is 2.89. The summed E-state index contributed by atoms with van der Waals surface area (Å²) in [5, 5.41) is 0. The van der Waals surface area contributed by atoms with Gasteiger partial charge in [-0.25, -0.2) is 13.8 Å². The number of halogens is 5. The Morgan fingerprint density at radius 1 is 1.41 bits per heavy atom. The minimum atomic E-state index is -4.82. The number of nitrogens with zero attached hydrogens (tertiary/aromatic N) is 1. The number of hydrogen-bond donors (Lipinski definition) is 1. The molecule has 1 heterocycles. The molecule has 0 aliphatic heterocycles. The molecule has 1 aromatic rings. The SMILES string of the molecule is COc1cc(C(F)(F)F)nc(C(F)F)c1CN. The normalized spacial score (nSPS) is 12.0. The first-order chi connectivity index (χ1) is 7.81. The quantitative estimate of drug-likeness (QED) is 0.845. The molecule has 0 aromatic carbocycles. The van der Waals surface area contributed by atoms with E-state index in [9.17, 15) is 22.0 Å². The summed E-state index contributed by atoms with van der Waals surface area (Å²) in [6, 6.07) is 0.550. The first-order valence-corrected chi connectivity index (χ1v) is 4.44. The average molecular weight is 256 g/mol. The lowest BCUT2D eigenvalue weighted by atomic mass is 10.1. The second-order valence-electron chi connectivity index (χ2n) is 3.08. The Bertz CT molecular complexity index is 405. The lowest BCUT2D eigenvalue weighted by Gasteiger charge is -2.15. The molecule has 96 valence electrons. The van der Waals surface area contributed by atoms with Crippen molar-refractivity contribution in [3.8, 4) is 5.75 Å². The van der Waals surface area contributed by atoms with Gasteiger partial charge in [0.1, 0.15) is 17.1 Å². The van der Waals surface area contributed by atoms with Crippen LogP contribution in [0, 0.1) is 0 Å². The van der Waals surface area contributed by atoms with Crippen molar-refractivity contribution in [3.63, 3.8) is 0 Å². The molecular weight excluding hydrogens is 247 g/mol. The minimum absolute atomic E-state index is 0.226. The molecule has 0 bridgehead atoms. The topological polar surface area (TPSA) is 48.1 Å². The summed E-state index contributed by atoms with van der Waals surface area (Å²) in [7, 11) is 1.07. The third-order valence-electron chi connectivity index (χ3n) is 2.04. The Morgan fingerprint density at radius 3 is 2.35 bits per heavy atom. The summed E-state index contributed by atoms with van der Waals surface area (Å²) < 4.78 is 66.9. The zero-order chi connectivity index (χ0) is 13.2. The molecule has 0 aliphatic rings. The number of rotatable bonds is 3. The van der Waals surface area contributed by atoms with Gasteiger partial charge in [-0.1, -0.05) is 0 Å². The molecule has 1 rings (SSSR count). The third-order valence-corrected chi connectivity index (χ3v) is 2.04. The molecule has 0 saturated carbocycles. The second-order valence-corrected chi connectivity index (χ2v) is 3.08. The van der Waals surface area contributed by atoms with Crippen molar-refractivity contribution in [3.05, 3.63) is 23.0 Å². The first-order valence-electron chi connectivity index (χ1n) is 4.44. The van der Waals surface area contributed by atoms with Crippen molar-refractivity contribution < 1.29 is 26.7 Å². The maximum absolute atomic E-state index is 12.6. The molecule has 0 radical (unpaired) electrons. The van der Waals surface area contributed by atoms with Crippen LogP contribution in [-0.4, -0.2) is 12.1 Å². The molecule has 0 fully saturated rings. The smallest absolute Gasteiger partial charge is 0.433 e. The van der Waals surface area contributed by atoms with Gasteiger partial charge in [0.25, 0.3) is 6.43 Å². The molecule has 8 heteroatoms. The third kappa shape index (κ3) is 2.82. The van der Waals surface area contributed by atoms with Crippen LogP contribution < -0.4 is 10.5 Å². The summed E-state index contributed by atoms with van der Waals surface area (Å²) in [5.74, 6) is -0.342. The van der Waals surface area contributed by atoms with E-state index in [1.807, 2.05) is 0 Å². The number of nitrogens with two attached hydrogens (primary N) is 1. The predicted molar refractivity (Wildman–Crippen MR) is 48.6 cm³/mol. The highest BCUT2D eigenvalue weighted by Crippen LogP contribution is 2.35. The lowest BCUT2D eigenvalue weighted by Crippen LogP contribution is -2.14. The van der Waals surface area contributed by atoms with E-state index >= 15 is 0 Å². The van der Waals surface area contributed by atoms with Crippen molar-refractivity contribution in [1.82, 2.24) is 4.98 Å².